The highest BCUT2D eigenvalue weighted by Gasteiger charge is 2.16. The molecule has 0 radical (unpaired) electrons. The van der Waals surface area contributed by atoms with Gasteiger partial charge in [0.05, 0.1) is 16.2 Å². The highest BCUT2D eigenvalue weighted by Crippen LogP contribution is 2.30. The lowest BCUT2D eigenvalue weighted by Crippen LogP contribution is -2.03. The number of aromatic carboxylic acids is 1. The molecule has 0 atom stereocenters. The Morgan fingerprint density at radius 2 is 2.38 bits per heavy atom. The third kappa shape index (κ3) is 2.02. The maximum atomic E-state index is 10.7. The van der Waals surface area contributed by atoms with Gasteiger partial charge in [-0.3, -0.25) is 0 Å². The Hall–Kier alpha value is -0.560. The predicted molar refractivity (Wildman–Crippen MR) is 55.5 cm³/mol. The van der Waals surface area contributed by atoms with Crippen molar-refractivity contribution < 1.29 is 14.6 Å². The van der Waals surface area contributed by atoms with Gasteiger partial charge in [-0.2, -0.15) is 0 Å². The zero-order valence-electron chi connectivity index (χ0n) is 6.54. The first-order valence-electron chi connectivity index (χ1n) is 3.19. The molecule has 1 aromatic heterocycles. The van der Waals surface area contributed by atoms with Gasteiger partial charge in [0.2, 0.25) is 0 Å². The number of aromatic nitrogens is 1. The summed E-state index contributed by atoms with van der Waals surface area (Å²) in [6, 6.07) is 0. The zero-order valence-corrected chi connectivity index (χ0v) is 9.46. The van der Waals surface area contributed by atoms with E-state index >= 15 is 0 Å². The first-order chi connectivity index (χ1) is 6.07. The lowest BCUT2D eigenvalue weighted by Gasteiger charge is -2.06. The van der Waals surface area contributed by atoms with Crippen molar-refractivity contribution in [2.75, 3.05) is 7.11 Å². The maximum Gasteiger partial charge on any atom is 0.338 e. The van der Waals surface area contributed by atoms with Crippen LogP contribution in [0.15, 0.2) is 6.20 Å². The second-order valence-corrected chi connectivity index (χ2v) is 3.55. The molecule has 1 N–H and O–H groups in total. The van der Waals surface area contributed by atoms with Crippen LogP contribution in [0.3, 0.4) is 0 Å². The van der Waals surface area contributed by atoms with Crippen LogP contribution < -0.4 is 4.74 Å². The highest BCUT2D eigenvalue weighted by molar-refractivity contribution is 14.1. The van der Waals surface area contributed by atoms with E-state index in [2.05, 4.69) is 4.98 Å². The van der Waals surface area contributed by atoms with E-state index in [1.54, 1.807) is 0 Å². The van der Waals surface area contributed by atoms with Gasteiger partial charge < -0.3 is 9.84 Å². The predicted octanol–water partition coefficient (Wildman–Crippen LogP) is 2.05. The summed E-state index contributed by atoms with van der Waals surface area (Å²) < 4.78 is 5.35. The van der Waals surface area contributed by atoms with Crippen LogP contribution in [-0.4, -0.2) is 23.2 Å². The topological polar surface area (TPSA) is 59.4 Å². The summed E-state index contributed by atoms with van der Waals surface area (Å²) >= 11 is 7.52. The molecule has 0 aliphatic carbocycles. The van der Waals surface area contributed by atoms with Crippen LogP contribution in [0, 0.1) is 3.57 Å². The number of methoxy groups -OCH3 is 1. The Bertz CT molecular complexity index is 356. The average molecular weight is 313 g/mol. The van der Waals surface area contributed by atoms with E-state index in [0.717, 1.165) is 0 Å². The second kappa shape index (κ2) is 4.10. The van der Waals surface area contributed by atoms with E-state index in [4.69, 9.17) is 21.4 Å². The van der Waals surface area contributed by atoms with Crippen LogP contribution in [0.1, 0.15) is 10.4 Å². The summed E-state index contributed by atoms with van der Waals surface area (Å²) in [5.41, 5.74) is 0.0850. The minimum Gasteiger partial charge on any atom is -0.492 e. The number of ether oxygens (including phenoxy) is 1. The third-order valence-electron chi connectivity index (χ3n) is 1.36. The SMILES string of the molecule is COc1c(Cl)ncc(C(=O)O)c1I. The van der Waals surface area contributed by atoms with Crippen LogP contribution in [0.4, 0.5) is 0 Å². The molecule has 1 rings (SSSR count). The molecule has 6 heteroatoms. The number of carboxylic acids is 1. The van der Waals surface area contributed by atoms with Gasteiger partial charge in [-0.25, -0.2) is 9.78 Å². The van der Waals surface area contributed by atoms with Crippen LogP contribution in [0.25, 0.3) is 0 Å². The summed E-state index contributed by atoms with van der Waals surface area (Å²) in [5.74, 6) is -0.756. The van der Waals surface area contributed by atoms with Crippen molar-refractivity contribution in [3.05, 3.63) is 20.5 Å². The molecule has 0 bridgehead atoms. The fraction of sp³-hybridized carbons (Fsp3) is 0.143. The Balaban J connectivity index is 3.35. The molecule has 13 heavy (non-hydrogen) atoms. The lowest BCUT2D eigenvalue weighted by molar-refractivity contribution is 0.0694. The van der Waals surface area contributed by atoms with E-state index in [-0.39, 0.29) is 10.7 Å². The molecule has 0 aliphatic rings. The summed E-state index contributed by atoms with van der Waals surface area (Å²) in [6.07, 6.45) is 1.20. The van der Waals surface area contributed by atoms with Gasteiger partial charge in [0.1, 0.15) is 0 Å². The standard InChI is InChI=1S/C7H5ClINO3/c1-13-5-4(9)3(7(11)12)2-10-6(5)8/h2H,1H3,(H,11,12). The number of rotatable bonds is 2. The van der Waals surface area contributed by atoms with E-state index < -0.39 is 5.97 Å². The van der Waals surface area contributed by atoms with Crippen LogP contribution in [0.5, 0.6) is 5.75 Å². The monoisotopic (exact) mass is 313 g/mol. The van der Waals surface area contributed by atoms with Gasteiger partial charge in [-0.1, -0.05) is 11.6 Å². The minimum atomic E-state index is -1.05. The molecule has 0 saturated heterocycles. The largest absolute Gasteiger partial charge is 0.492 e. The Morgan fingerprint density at radius 3 is 2.85 bits per heavy atom. The van der Waals surface area contributed by atoms with Gasteiger partial charge in [-0.05, 0) is 22.6 Å². The molecular weight excluding hydrogens is 308 g/mol. The molecule has 0 aromatic carbocycles. The number of nitrogens with zero attached hydrogens (tertiary/aromatic N) is 1. The van der Waals surface area contributed by atoms with Crippen LogP contribution in [0.2, 0.25) is 5.15 Å². The minimum absolute atomic E-state index is 0.0850. The number of hydrogen-bond acceptors (Lipinski definition) is 3. The molecule has 70 valence electrons. The molecule has 1 heterocycles. The fourth-order valence-corrected chi connectivity index (χ4v) is 2.00. The van der Waals surface area contributed by atoms with E-state index in [1.165, 1.54) is 13.3 Å². The fourth-order valence-electron chi connectivity index (χ4n) is 0.772. The van der Waals surface area contributed by atoms with E-state index in [1.807, 2.05) is 22.6 Å². The Morgan fingerprint density at radius 1 is 1.77 bits per heavy atom. The number of pyridine rings is 1. The maximum absolute atomic E-state index is 10.7. The van der Waals surface area contributed by atoms with Gasteiger partial charge >= 0.3 is 5.97 Å². The molecule has 0 amide bonds. The van der Waals surface area contributed by atoms with Crippen molar-refractivity contribution in [2.24, 2.45) is 0 Å². The number of carbonyl (C=O) groups is 1. The molecule has 4 nitrogen and oxygen atoms in total. The molecule has 0 aliphatic heterocycles. The van der Waals surface area contributed by atoms with Crippen LogP contribution >= 0.6 is 34.2 Å². The van der Waals surface area contributed by atoms with Gasteiger partial charge in [-0.15, -0.1) is 0 Å². The van der Waals surface area contributed by atoms with E-state index in [9.17, 15) is 4.79 Å². The number of hydrogen-bond donors (Lipinski definition) is 1. The smallest absolute Gasteiger partial charge is 0.338 e. The molecule has 0 spiro atoms. The highest BCUT2D eigenvalue weighted by atomic mass is 127. The first-order valence-corrected chi connectivity index (χ1v) is 4.65. The Kier molecular flexibility index (Phi) is 3.32. The van der Waals surface area contributed by atoms with Gasteiger partial charge in [0.25, 0.3) is 0 Å². The van der Waals surface area contributed by atoms with Crippen molar-refractivity contribution in [3.63, 3.8) is 0 Å². The first kappa shape index (κ1) is 10.5. The summed E-state index contributed by atoms with van der Waals surface area (Å²) in [7, 11) is 1.41. The van der Waals surface area contributed by atoms with Crippen molar-refractivity contribution in [2.45, 2.75) is 0 Å². The molecular formula is C7H5ClINO3. The van der Waals surface area contributed by atoms with Crippen molar-refractivity contribution >= 4 is 40.2 Å². The Labute approximate surface area is 93.0 Å². The van der Waals surface area contributed by atoms with Crippen LogP contribution in [-0.2, 0) is 0 Å². The molecule has 0 fully saturated rings. The third-order valence-corrected chi connectivity index (χ3v) is 2.70. The van der Waals surface area contributed by atoms with Crippen molar-refractivity contribution in [1.82, 2.24) is 4.98 Å². The normalized spacial score (nSPS) is 9.77. The van der Waals surface area contributed by atoms with Crippen molar-refractivity contribution in [1.29, 1.82) is 0 Å². The zero-order chi connectivity index (χ0) is 10.0. The van der Waals surface area contributed by atoms with Crippen molar-refractivity contribution in [3.8, 4) is 5.75 Å². The molecule has 0 unspecified atom stereocenters. The second-order valence-electron chi connectivity index (χ2n) is 2.12. The average Bonchev–Trinajstić information content (AvgIpc) is 2.04. The summed E-state index contributed by atoms with van der Waals surface area (Å²) in [6.45, 7) is 0. The summed E-state index contributed by atoms with van der Waals surface area (Å²) in [4.78, 5) is 14.3. The summed E-state index contributed by atoms with van der Waals surface area (Å²) in [5, 5.41) is 8.90. The molecule has 1 aromatic rings. The van der Waals surface area contributed by atoms with E-state index in [0.29, 0.717) is 9.32 Å². The quantitative estimate of drug-likeness (QED) is 0.670. The number of carboxylic acid groups (broad SMARTS) is 1. The number of halogens is 2. The lowest BCUT2D eigenvalue weighted by atomic mass is 10.3. The molecule has 0 saturated carbocycles. The van der Waals surface area contributed by atoms with Gasteiger partial charge in [0, 0.05) is 6.20 Å². The van der Waals surface area contributed by atoms with Gasteiger partial charge in [0.15, 0.2) is 10.9 Å².